The summed E-state index contributed by atoms with van der Waals surface area (Å²) in [6.45, 7) is -1.21. The van der Waals surface area contributed by atoms with Crippen molar-refractivity contribution in [3.63, 3.8) is 0 Å². The summed E-state index contributed by atoms with van der Waals surface area (Å²) in [6, 6.07) is 7.50. The fourth-order valence-electron chi connectivity index (χ4n) is 1.77. The highest BCUT2D eigenvalue weighted by atomic mass is 79.9. The molecule has 0 saturated heterocycles. The first kappa shape index (κ1) is 16.5. The number of ether oxygens (including phenoxy) is 1. The summed E-state index contributed by atoms with van der Waals surface area (Å²) in [5, 5.41) is 9.35. The van der Waals surface area contributed by atoms with Crippen LogP contribution in [-0.2, 0) is 4.74 Å². The van der Waals surface area contributed by atoms with Crippen molar-refractivity contribution in [2.24, 2.45) is 0 Å². The summed E-state index contributed by atoms with van der Waals surface area (Å²) < 4.78 is 41.0. The van der Waals surface area contributed by atoms with Gasteiger partial charge in [0.1, 0.15) is 6.61 Å². The number of benzene rings is 1. The molecule has 0 saturated carbocycles. The summed E-state index contributed by atoms with van der Waals surface area (Å²) in [4.78, 5) is 0. The lowest BCUT2D eigenvalue weighted by Crippen LogP contribution is -2.17. The summed E-state index contributed by atoms with van der Waals surface area (Å²) in [5.41, 5.74) is 0.959. The number of hydrogen-bond donors (Lipinski definition) is 1. The maximum Gasteiger partial charge on any atom is 0.411 e. The monoisotopic (exact) mass is 340 g/mol. The molecule has 1 unspecified atom stereocenters. The molecule has 108 valence electrons. The van der Waals surface area contributed by atoms with Crippen molar-refractivity contribution in [3.8, 4) is 0 Å². The van der Waals surface area contributed by atoms with Crippen molar-refractivity contribution in [1.82, 2.24) is 0 Å². The zero-order valence-corrected chi connectivity index (χ0v) is 11.9. The number of hydrogen-bond acceptors (Lipinski definition) is 2. The molecule has 0 aromatic heterocycles. The van der Waals surface area contributed by atoms with Crippen LogP contribution in [0.15, 0.2) is 28.7 Å². The van der Waals surface area contributed by atoms with E-state index in [0.717, 1.165) is 10.0 Å². The van der Waals surface area contributed by atoms with Crippen LogP contribution in [0.2, 0.25) is 0 Å². The Morgan fingerprint density at radius 1 is 1.26 bits per heavy atom. The molecule has 1 aromatic rings. The maximum atomic E-state index is 11.9. The molecular formula is C13H16BrF3O2. The number of rotatable bonds is 7. The van der Waals surface area contributed by atoms with Gasteiger partial charge in [-0.3, -0.25) is 0 Å². The normalized spacial score (nSPS) is 13.5. The Kier molecular flexibility index (Phi) is 6.82. The zero-order chi connectivity index (χ0) is 14.3. The average Bonchev–Trinajstić information content (AvgIpc) is 2.34. The van der Waals surface area contributed by atoms with Crippen LogP contribution in [0.5, 0.6) is 0 Å². The van der Waals surface area contributed by atoms with E-state index in [1.54, 1.807) is 0 Å². The van der Waals surface area contributed by atoms with Gasteiger partial charge in [-0.05, 0) is 24.5 Å². The second-order valence-corrected chi connectivity index (χ2v) is 5.07. The molecule has 1 atom stereocenters. The summed E-state index contributed by atoms with van der Waals surface area (Å²) in [5.74, 6) is -0.0925. The van der Waals surface area contributed by atoms with Crippen LogP contribution in [-0.4, -0.2) is 31.1 Å². The van der Waals surface area contributed by atoms with Crippen LogP contribution in [0.4, 0.5) is 13.2 Å². The molecule has 0 fully saturated rings. The third-order valence-corrected chi connectivity index (χ3v) is 3.39. The van der Waals surface area contributed by atoms with E-state index < -0.39 is 12.8 Å². The quantitative estimate of drug-likeness (QED) is 0.763. The van der Waals surface area contributed by atoms with E-state index in [1.165, 1.54) is 0 Å². The first-order valence-corrected chi connectivity index (χ1v) is 6.73. The van der Waals surface area contributed by atoms with Gasteiger partial charge in [0.15, 0.2) is 0 Å². The van der Waals surface area contributed by atoms with Gasteiger partial charge in [-0.1, -0.05) is 34.1 Å². The average molecular weight is 341 g/mol. The molecule has 0 aliphatic heterocycles. The van der Waals surface area contributed by atoms with Gasteiger partial charge in [0.2, 0.25) is 0 Å². The molecule has 0 radical (unpaired) electrons. The molecule has 0 heterocycles. The van der Waals surface area contributed by atoms with E-state index in [0.29, 0.717) is 12.8 Å². The minimum Gasteiger partial charge on any atom is -0.396 e. The molecule has 1 aromatic carbocycles. The number of aliphatic hydroxyl groups excluding tert-OH is 1. The number of aliphatic hydroxyl groups is 1. The fraction of sp³-hybridized carbons (Fsp3) is 0.538. The predicted octanol–water partition coefficient (Wildman–Crippen LogP) is 3.88. The van der Waals surface area contributed by atoms with E-state index in [1.807, 2.05) is 24.3 Å². The predicted molar refractivity (Wildman–Crippen MR) is 70.1 cm³/mol. The van der Waals surface area contributed by atoms with Crippen LogP contribution >= 0.6 is 15.9 Å². The first-order chi connectivity index (χ1) is 8.94. The topological polar surface area (TPSA) is 29.5 Å². The summed E-state index contributed by atoms with van der Waals surface area (Å²) in [6.07, 6.45) is -3.22. The fourth-order valence-corrected chi connectivity index (χ4v) is 2.38. The third kappa shape index (κ3) is 6.40. The van der Waals surface area contributed by atoms with Crippen LogP contribution in [0.3, 0.4) is 0 Å². The van der Waals surface area contributed by atoms with Gasteiger partial charge >= 0.3 is 6.18 Å². The van der Waals surface area contributed by atoms with E-state index >= 15 is 0 Å². The highest BCUT2D eigenvalue weighted by Gasteiger charge is 2.27. The Bertz CT molecular complexity index is 382. The van der Waals surface area contributed by atoms with Gasteiger partial charge in [-0.25, -0.2) is 0 Å². The molecule has 2 nitrogen and oxygen atoms in total. The first-order valence-electron chi connectivity index (χ1n) is 5.94. The van der Waals surface area contributed by atoms with Crippen LogP contribution in [0.25, 0.3) is 0 Å². The highest BCUT2D eigenvalue weighted by molar-refractivity contribution is 9.10. The summed E-state index contributed by atoms with van der Waals surface area (Å²) >= 11 is 3.40. The molecular weight excluding hydrogens is 325 g/mol. The second kappa shape index (κ2) is 7.87. The van der Waals surface area contributed by atoms with Crippen molar-refractivity contribution in [2.75, 3.05) is 19.8 Å². The van der Waals surface area contributed by atoms with Gasteiger partial charge in [-0.15, -0.1) is 0 Å². The lowest BCUT2D eigenvalue weighted by molar-refractivity contribution is -0.174. The van der Waals surface area contributed by atoms with E-state index in [9.17, 15) is 18.3 Å². The Labute approximate surface area is 118 Å². The van der Waals surface area contributed by atoms with Gasteiger partial charge in [0.05, 0.1) is 0 Å². The Hall–Kier alpha value is -0.590. The molecule has 0 aliphatic rings. The largest absolute Gasteiger partial charge is 0.411 e. The Morgan fingerprint density at radius 2 is 1.95 bits per heavy atom. The van der Waals surface area contributed by atoms with Gasteiger partial charge in [-0.2, -0.15) is 13.2 Å². The van der Waals surface area contributed by atoms with Crippen LogP contribution in [0, 0.1) is 0 Å². The Balaban J connectivity index is 2.36. The van der Waals surface area contributed by atoms with Gasteiger partial charge < -0.3 is 9.84 Å². The van der Waals surface area contributed by atoms with E-state index in [4.69, 9.17) is 0 Å². The van der Waals surface area contributed by atoms with Gasteiger partial charge in [0.25, 0.3) is 0 Å². The molecule has 0 aliphatic carbocycles. The SMILES string of the molecule is OCC(CCCOCC(F)(F)F)c1ccccc1Br. The smallest absolute Gasteiger partial charge is 0.396 e. The lowest BCUT2D eigenvalue weighted by atomic mass is 9.95. The molecule has 0 spiro atoms. The third-order valence-electron chi connectivity index (χ3n) is 2.67. The highest BCUT2D eigenvalue weighted by Crippen LogP contribution is 2.28. The van der Waals surface area contributed by atoms with E-state index in [2.05, 4.69) is 20.7 Å². The van der Waals surface area contributed by atoms with Crippen LogP contribution < -0.4 is 0 Å². The molecule has 0 amide bonds. The Morgan fingerprint density at radius 3 is 2.53 bits per heavy atom. The minimum absolute atomic E-state index is 0.0398. The second-order valence-electron chi connectivity index (χ2n) is 4.21. The van der Waals surface area contributed by atoms with Crippen molar-refractivity contribution < 1.29 is 23.0 Å². The van der Waals surface area contributed by atoms with Crippen molar-refractivity contribution in [2.45, 2.75) is 24.9 Å². The number of alkyl halides is 3. The van der Waals surface area contributed by atoms with Crippen molar-refractivity contribution in [3.05, 3.63) is 34.3 Å². The minimum atomic E-state index is -4.28. The zero-order valence-electron chi connectivity index (χ0n) is 10.3. The molecule has 19 heavy (non-hydrogen) atoms. The molecule has 1 N–H and O–H groups in total. The van der Waals surface area contributed by atoms with Crippen molar-refractivity contribution >= 4 is 15.9 Å². The maximum absolute atomic E-state index is 11.9. The van der Waals surface area contributed by atoms with Crippen LogP contribution in [0.1, 0.15) is 24.3 Å². The molecule has 0 bridgehead atoms. The lowest BCUT2D eigenvalue weighted by Gasteiger charge is -2.16. The van der Waals surface area contributed by atoms with E-state index in [-0.39, 0.29) is 19.1 Å². The van der Waals surface area contributed by atoms with Crippen molar-refractivity contribution in [1.29, 1.82) is 0 Å². The number of halogens is 4. The standard InChI is InChI=1S/C13H16BrF3O2/c14-12-6-2-1-5-11(12)10(8-18)4-3-7-19-9-13(15,16)17/h1-2,5-6,10,18H,3-4,7-9H2. The molecule has 1 rings (SSSR count). The summed E-state index contributed by atoms with van der Waals surface area (Å²) in [7, 11) is 0. The molecule has 6 heteroatoms. The van der Waals surface area contributed by atoms with Gasteiger partial charge in [0, 0.05) is 23.6 Å².